The maximum atomic E-state index is 5.58. The lowest BCUT2D eigenvalue weighted by molar-refractivity contribution is 0.164. The highest BCUT2D eigenvalue weighted by molar-refractivity contribution is 7.80. The van der Waals surface area contributed by atoms with Crippen LogP contribution >= 0.6 is 12.2 Å². The molecule has 19 heavy (non-hydrogen) atoms. The van der Waals surface area contributed by atoms with Crippen molar-refractivity contribution in [3.63, 3.8) is 0 Å². The highest BCUT2D eigenvalue weighted by Crippen LogP contribution is 2.17. The molecule has 1 N–H and O–H groups in total. The van der Waals surface area contributed by atoms with E-state index in [4.69, 9.17) is 12.2 Å². The van der Waals surface area contributed by atoms with E-state index in [9.17, 15) is 0 Å². The van der Waals surface area contributed by atoms with E-state index >= 15 is 0 Å². The minimum atomic E-state index is 0.634. The van der Waals surface area contributed by atoms with Crippen molar-refractivity contribution in [2.45, 2.75) is 52.0 Å². The van der Waals surface area contributed by atoms with Gasteiger partial charge in [0.15, 0.2) is 5.11 Å². The molecule has 1 saturated carbocycles. The predicted molar refractivity (Wildman–Crippen MR) is 85.5 cm³/mol. The van der Waals surface area contributed by atoms with Gasteiger partial charge in [0.2, 0.25) is 0 Å². The lowest BCUT2D eigenvalue weighted by atomic mass is 9.96. The van der Waals surface area contributed by atoms with Gasteiger partial charge in [-0.15, -0.1) is 0 Å². The van der Waals surface area contributed by atoms with Crippen LogP contribution in [0.3, 0.4) is 0 Å². The minimum Gasteiger partial charge on any atom is -0.360 e. The molecule has 0 aromatic carbocycles. The summed E-state index contributed by atoms with van der Waals surface area (Å²) >= 11 is 5.58. The Bertz CT molecular complexity index is 279. The van der Waals surface area contributed by atoms with Gasteiger partial charge in [0.25, 0.3) is 0 Å². The van der Waals surface area contributed by atoms with Crippen LogP contribution < -0.4 is 5.32 Å². The van der Waals surface area contributed by atoms with E-state index < -0.39 is 0 Å². The van der Waals surface area contributed by atoms with Crippen molar-refractivity contribution in [1.82, 2.24) is 15.1 Å². The number of hydrogen-bond donors (Lipinski definition) is 1. The molecule has 110 valence electrons. The zero-order chi connectivity index (χ0) is 13.7. The van der Waals surface area contributed by atoms with Crippen LogP contribution in [-0.2, 0) is 0 Å². The van der Waals surface area contributed by atoms with Gasteiger partial charge in [-0.2, -0.15) is 0 Å². The molecule has 2 fully saturated rings. The summed E-state index contributed by atoms with van der Waals surface area (Å²) in [4.78, 5) is 4.92. The highest BCUT2D eigenvalue weighted by Gasteiger charge is 2.21. The van der Waals surface area contributed by atoms with Crippen LogP contribution in [0.15, 0.2) is 0 Å². The molecule has 1 saturated heterocycles. The Hall–Kier alpha value is -0.350. The standard InChI is InChI=1S/C15H29N3S/c1-13(2)12-17-8-10-18(11-9-17)15(19)16-14-6-4-3-5-7-14/h13-14H,3-12H2,1-2H3,(H,16,19). The van der Waals surface area contributed by atoms with Gasteiger partial charge in [0.1, 0.15) is 0 Å². The lowest BCUT2D eigenvalue weighted by Crippen LogP contribution is -2.53. The van der Waals surface area contributed by atoms with Crippen LogP contribution in [-0.4, -0.2) is 53.7 Å². The third-order valence-electron chi connectivity index (χ3n) is 4.22. The Balaban J connectivity index is 1.69. The van der Waals surface area contributed by atoms with E-state index in [1.54, 1.807) is 0 Å². The van der Waals surface area contributed by atoms with Crippen molar-refractivity contribution in [2.75, 3.05) is 32.7 Å². The molecule has 0 bridgehead atoms. The molecular weight excluding hydrogens is 254 g/mol. The lowest BCUT2D eigenvalue weighted by Gasteiger charge is -2.38. The average Bonchev–Trinajstić information content (AvgIpc) is 2.40. The first-order chi connectivity index (χ1) is 9.15. The number of nitrogens with zero attached hydrogens (tertiary/aromatic N) is 2. The maximum Gasteiger partial charge on any atom is 0.169 e. The summed E-state index contributed by atoms with van der Waals surface area (Å²) in [6.07, 6.45) is 6.73. The second kappa shape index (κ2) is 7.44. The van der Waals surface area contributed by atoms with E-state index in [-0.39, 0.29) is 0 Å². The fraction of sp³-hybridized carbons (Fsp3) is 0.933. The van der Waals surface area contributed by atoms with Gasteiger partial charge >= 0.3 is 0 Å². The van der Waals surface area contributed by atoms with Gasteiger partial charge in [0, 0.05) is 38.8 Å². The van der Waals surface area contributed by atoms with E-state index in [0.29, 0.717) is 6.04 Å². The van der Waals surface area contributed by atoms with Gasteiger partial charge in [-0.3, -0.25) is 4.90 Å². The Morgan fingerprint density at radius 2 is 1.74 bits per heavy atom. The number of thiocarbonyl (C=S) groups is 1. The SMILES string of the molecule is CC(C)CN1CCN(C(=S)NC2CCCCC2)CC1. The largest absolute Gasteiger partial charge is 0.360 e. The van der Waals surface area contributed by atoms with Gasteiger partial charge < -0.3 is 10.2 Å². The third-order valence-corrected chi connectivity index (χ3v) is 4.59. The Kier molecular flexibility index (Phi) is 5.89. The average molecular weight is 283 g/mol. The fourth-order valence-corrected chi connectivity index (χ4v) is 3.51. The van der Waals surface area contributed by atoms with Gasteiger partial charge in [-0.05, 0) is 31.0 Å². The monoisotopic (exact) mass is 283 g/mol. The van der Waals surface area contributed by atoms with Crippen LogP contribution in [0.5, 0.6) is 0 Å². The fourth-order valence-electron chi connectivity index (χ4n) is 3.16. The molecule has 3 nitrogen and oxygen atoms in total. The quantitative estimate of drug-likeness (QED) is 0.802. The topological polar surface area (TPSA) is 18.5 Å². The molecule has 0 spiro atoms. The predicted octanol–water partition coefficient (Wildman–Crippen LogP) is 2.47. The molecule has 1 aliphatic heterocycles. The van der Waals surface area contributed by atoms with Crippen LogP contribution in [0.25, 0.3) is 0 Å². The molecule has 0 atom stereocenters. The molecule has 0 unspecified atom stereocenters. The zero-order valence-electron chi connectivity index (χ0n) is 12.5. The molecule has 2 aliphatic rings. The summed E-state index contributed by atoms with van der Waals surface area (Å²) in [6, 6.07) is 0.634. The van der Waals surface area contributed by atoms with Crippen LogP contribution in [0.2, 0.25) is 0 Å². The molecule has 0 amide bonds. The summed E-state index contributed by atoms with van der Waals surface area (Å²) in [7, 11) is 0. The number of hydrogen-bond acceptors (Lipinski definition) is 2. The summed E-state index contributed by atoms with van der Waals surface area (Å²) in [5, 5.41) is 4.58. The smallest absolute Gasteiger partial charge is 0.169 e. The van der Waals surface area contributed by atoms with Crippen LogP contribution in [0, 0.1) is 5.92 Å². The summed E-state index contributed by atoms with van der Waals surface area (Å²) < 4.78 is 0. The molecule has 1 heterocycles. The first-order valence-corrected chi connectivity index (χ1v) is 8.34. The summed E-state index contributed by atoms with van der Waals surface area (Å²) in [5.41, 5.74) is 0. The Morgan fingerprint density at radius 3 is 2.32 bits per heavy atom. The molecule has 0 aromatic heterocycles. The van der Waals surface area contributed by atoms with Crippen molar-refractivity contribution < 1.29 is 0 Å². The number of rotatable bonds is 3. The minimum absolute atomic E-state index is 0.634. The van der Waals surface area contributed by atoms with E-state index in [1.807, 2.05) is 0 Å². The van der Waals surface area contributed by atoms with E-state index in [1.165, 1.54) is 38.6 Å². The maximum absolute atomic E-state index is 5.58. The molecule has 2 rings (SSSR count). The van der Waals surface area contributed by atoms with E-state index in [0.717, 1.165) is 37.2 Å². The van der Waals surface area contributed by atoms with Gasteiger partial charge in [-0.25, -0.2) is 0 Å². The zero-order valence-corrected chi connectivity index (χ0v) is 13.3. The first-order valence-electron chi connectivity index (χ1n) is 7.93. The highest BCUT2D eigenvalue weighted by atomic mass is 32.1. The van der Waals surface area contributed by atoms with Crippen LogP contribution in [0.4, 0.5) is 0 Å². The van der Waals surface area contributed by atoms with E-state index in [2.05, 4.69) is 29.0 Å². The number of nitrogens with one attached hydrogen (secondary N) is 1. The first kappa shape index (κ1) is 15.0. The summed E-state index contributed by atoms with van der Waals surface area (Å²) in [6.45, 7) is 10.3. The molecule has 4 heteroatoms. The van der Waals surface area contributed by atoms with Crippen molar-refractivity contribution >= 4 is 17.3 Å². The third kappa shape index (κ3) is 4.92. The van der Waals surface area contributed by atoms with Crippen molar-refractivity contribution in [3.8, 4) is 0 Å². The van der Waals surface area contributed by atoms with Gasteiger partial charge in [0.05, 0.1) is 0 Å². The normalized spacial score (nSPS) is 22.8. The number of piperazine rings is 1. The van der Waals surface area contributed by atoms with Crippen molar-refractivity contribution in [2.24, 2.45) is 5.92 Å². The Labute approximate surface area is 123 Å². The Morgan fingerprint density at radius 1 is 1.11 bits per heavy atom. The molecular formula is C15H29N3S. The van der Waals surface area contributed by atoms with Crippen LogP contribution in [0.1, 0.15) is 46.0 Å². The molecule has 0 aromatic rings. The molecule has 0 radical (unpaired) electrons. The summed E-state index contributed by atoms with van der Waals surface area (Å²) in [5.74, 6) is 0.763. The van der Waals surface area contributed by atoms with Gasteiger partial charge in [-0.1, -0.05) is 33.1 Å². The van der Waals surface area contributed by atoms with Crippen molar-refractivity contribution in [1.29, 1.82) is 0 Å². The second-order valence-corrected chi connectivity index (χ2v) is 6.85. The second-order valence-electron chi connectivity index (χ2n) is 6.47. The van der Waals surface area contributed by atoms with Crippen molar-refractivity contribution in [3.05, 3.63) is 0 Å². The molecule has 1 aliphatic carbocycles.